The monoisotopic (exact) mass is 267 g/mol. The molecular formula is C17H17NO2. The molecule has 0 amide bonds. The summed E-state index contributed by atoms with van der Waals surface area (Å²) in [6.07, 6.45) is 6.19. The van der Waals surface area contributed by atoms with Gasteiger partial charge in [0, 0.05) is 5.69 Å². The number of nitrogens with one attached hydrogen (secondary N) is 1. The predicted molar refractivity (Wildman–Crippen MR) is 78.8 cm³/mol. The van der Waals surface area contributed by atoms with E-state index in [9.17, 15) is 4.79 Å². The minimum Gasteiger partial charge on any atom is -0.477 e. The van der Waals surface area contributed by atoms with Crippen molar-refractivity contribution in [2.75, 3.05) is 0 Å². The highest BCUT2D eigenvalue weighted by Crippen LogP contribution is 2.32. The first-order valence-electron chi connectivity index (χ1n) is 6.92. The van der Waals surface area contributed by atoms with Crippen molar-refractivity contribution in [2.24, 2.45) is 0 Å². The maximum Gasteiger partial charge on any atom is 0.352 e. The van der Waals surface area contributed by atoms with E-state index in [-0.39, 0.29) is 0 Å². The van der Waals surface area contributed by atoms with Crippen LogP contribution in [0.1, 0.15) is 40.2 Å². The standard InChI is InChI=1S/C17H17NO2/c19-17(20)15-11-14-10-9-13(16(14)18-15)8-4-7-12-5-2-1-3-6-12/h1-3,5-6,8,11,18H,4,7,9-10H2,(H,19,20). The number of aryl methyl sites for hydroxylation is 2. The van der Waals surface area contributed by atoms with Crippen LogP contribution in [0.4, 0.5) is 0 Å². The lowest BCUT2D eigenvalue weighted by Crippen LogP contribution is -1.96. The Hall–Kier alpha value is -2.29. The first-order chi connectivity index (χ1) is 9.74. The Bertz CT molecular complexity index is 653. The number of rotatable bonds is 4. The lowest BCUT2D eigenvalue weighted by atomic mass is 10.1. The molecule has 0 atom stereocenters. The molecule has 0 aliphatic heterocycles. The quantitative estimate of drug-likeness (QED) is 0.888. The van der Waals surface area contributed by atoms with Crippen LogP contribution in [0, 0.1) is 0 Å². The van der Waals surface area contributed by atoms with Crippen LogP contribution in [0.3, 0.4) is 0 Å². The number of carboxylic acids is 1. The second kappa shape index (κ2) is 5.37. The summed E-state index contributed by atoms with van der Waals surface area (Å²) in [5, 5.41) is 9.00. The smallest absolute Gasteiger partial charge is 0.352 e. The van der Waals surface area contributed by atoms with E-state index in [4.69, 9.17) is 5.11 Å². The summed E-state index contributed by atoms with van der Waals surface area (Å²) < 4.78 is 0. The highest BCUT2D eigenvalue weighted by atomic mass is 16.4. The third kappa shape index (κ3) is 2.52. The van der Waals surface area contributed by atoms with Crippen molar-refractivity contribution in [1.82, 2.24) is 4.98 Å². The van der Waals surface area contributed by atoms with Crippen LogP contribution in [0.5, 0.6) is 0 Å². The van der Waals surface area contributed by atoms with Crippen molar-refractivity contribution < 1.29 is 9.90 Å². The van der Waals surface area contributed by atoms with Gasteiger partial charge >= 0.3 is 5.97 Å². The van der Waals surface area contributed by atoms with E-state index in [2.05, 4.69) is 35.3 Å². The molecule has 1 aromatic heterocycles. The zero-order chi connectivity index (χ0) is 13.9. The fraction of sp³-hybridized carbons (Fsp3) is 0.235. The van der Waals surface area contributed by atoms with Gasteiger partial charge in [-0.25, -0.2) is 4.79 Å². The first-order valence-corrected chi connectivity index (χ1v) is 6.92. The van der Waals surface area contributed by atoms with Crippen molar-refractivity contribution in [1.29, 1.82) is 0 Å². The van der Waals surface area contributed by atoms with E-state index in [1.165, 1.54) is 11.1 Å². The van der Waals surface area contributed by atoms with Crippen molar-refractivity contribution >= 4 is 11.5 Å². The highest BCUT2D eigenvalue weighted by molar-refractivity contribution is 5.88. The van der Waals surface area contributed by atoms with Gasteiger partial charge in [-0.05, 0) is 48.4 Å². The summed E-state index contributed by atoms with van der Waals surface area (Å²) in [5.74, 6) is -0.886. The van der Waals surface area contributed by atoms with Crippen LogP contribution in [0.25, 0.3) is 5.57 Å². The molecule has 3 nitrogen and oxygen atoms in total. The number of carbonyl (C=O) groups is 1. The van der Waals surface area contributed by atoms with E-state index in [0.29, 0.717) is 5.69 Å². The molecule has 1 heterocycles. The van der Waals surface area contributed by atoms with Gasteiger partial charge in [0.1, 0.15) is 5.69 Å². The van der Waals surface area contributed by atoms with E-state index >= 15 is 0 Å². The van der Waals surface area contributed by atoms with Crippen LogP contribution in [-0.4, -0.2) is 16.1 Å². The first kappa shape index (κ1) is 12.7. The summed E-state index contributed by atoms with van der Waals surface area (Å²) in [7, 11) is 0. The maximum atomic E-state index is 11.0. The molecule has 20 heavy (non-hydrogen) atoms. The van der Waals surface area contributed by atoms with Gasteiger partial charge in [0.15, 0.2) is 0 Å². The zero-order valence-corrected chi connectivity index (χ0v) is 11.2. The van der Waals surface area contributed by atoms with Gasteiger partial charge in [-0.1, -0.05) is 36.4 Å². The fourth-order valence-corrected chi connectivity index (χ4v) is 2.75. The van der Waals surface area contributed by atoms with Gasteiger partial charge in [-0.3, -0.25) is 0 Å². The van der Waals surface area contributed by atoms with Crippen molar-refractivity contribution in [3.63, 3.8) is 0 Å². The lowest BCUT2D eigenvalue weighted by molar-refractivity contribution is 0.0691. The summed E-state index contributed by atoms with van der Waals surface area (Å²) in [4.78, 5) is 14.0. The molecule has 0 bridgehead atoms. The predicted octanol–water partition coefficient (Wildman–Crippen LogP) is 3.68. The number of hydrogen-bond acceptors (Lipinski definition) is 1. The maximum absolute atomic E-state index is 11.0. The normalized spacial score (nSPS) is 15.5. The third-order valence-electron chi connectivity index (χ3n) is 3.78. The van der Waals surface area contributed by atoms with Gasteiger partial charge in [-0.15, -0.1) is 0 Å². The number of H-pyrrole nitrogens is 1. The molecular weight excluding hydrogens is 250 g/mol. The average Bonchev–Trinajstić information content (AvgIpc) is 3.01. The number of aromatic nitrogens is 1. The van der Waals surface area contributed by atoms with E-state index in [0.717, 1.165) is 36.9 Å². The average molecular weight is 267 g/mol. The van der Waals surface area contributed by atoms with Crippen LogP contribution in [-0.2, 0) is 12.8 Å². The van der Waals surface area contributed by atoms with Gasteiger partial charge in [0.2, 0.25) is 0 Å². The zero-order valence-electron chi connectivity index (χ0n) is 11.2. The molecule has 0 saturated carbocycles. The Kier molecular flexibility index (Phi) is 3.42. The molecule has 3 rings (SSSR count). The van der Waals surface area contributed by atoms with Gasteiger partial charge in [-0.2, -0.15) is 0 Å². The van der Waals surface area contributed by atoms with Gasteiger partial charge in [0.05, 0.1) is 0 Å². The van der Waals surface area contributed by atoms with Crippen LogP contribution in [0.2, 0.25) is 0 Å². The Morgan fingerprint density at radius 1 is 1.25 bits per heavy atom. The van der Waals surface area contributed by atoms with E-state index in [1.54, 1.807) is 6.07 Å². The second-order valence-electron chi connectivity index (χ2n) is 5.14. The molecule has 1 aliphatic rings. The summed E-state index contributed by atoms with van der Waals surface area (Å²) in [6, 6.07) is 12.2. The Labute approximate surface area is 118 Å². The van der Waals surface area contributed by atoms with Crippen LogP contribution < -0.4 is 0 Å². The number of allylic oxidation sites excluding steroid dienone is 2. The number of aromatic carboxylic acids is 1. The van der Waals surface area contributed by atoms with Gasteiger partial charge < -0.3 is 10.1 Å². The lowest BCUT2D eigenvalue weighted by Gasteiger charge is -2.00. The minimum atomic E-state index is -0.886. The Balaban J connectivity index is 1.70. The molecule has 0 saturated heterocycles. The highest BCUT2D eigenvalue weighted by Gasteiger charge is 2.20. The summed E-state index contributed by atoms with van der Waals surface area (Å²) >= 11 is 0. The summed E-state index contributed by atoms with van der Waals surface area (Å²) in [6.45, 7) is 0. The number of fused-ring (bicyclic) bond motifs is 1. The molecule has 1 aliphatic carbocycles. The number of benzene rings is 1. The van der Waals surface area contributed by atoms with Crippen molar-refractivity contribution in [3.8, 4) is 0 Å². The molecule has 2 aromatic rings. The molecule has 102 valence electrons. The molecule has 2 N–H and O–H groups in total. The van der Waals surface area contributed by atoms with E-state index in [1.807, 2.05) is 6.07 Å². The van der Waals surface area contributed by atoms with E-state index < -0.39 is 5.97 Å². The largest absolute Gasteiger partial charge is 0.477 e. The number of aromatic amines is 1. The molecule has 0 spiro atoms. The molecule has 0 fully saturated rings. The third-order valence-corrected chi connectivity index (χ3v) is 3.78. The van der Waals surface area contributed by atoms with Crippen LogP contribution >= 0.6 is 0 Å². The number of hydrogen-bond donors (Lipinski definition) is 2. The Morgan fingerprint density at radius 2 is 2.05 bits per heavy atom. The number of carboxylic acid groups (broad SMARTS) is 1. The molecule has 3 heteroatoms. The molecule has 0 unspecified atom stereocenters. The topological polar surface area (TPSA) is 53.1 Å². The second-order valence-corrected chi connectivity index (χ2v) is 5.14. The fourth-order valence-electron chi connectivity index (χ4n) is 2.75. The molecule has 1 aromatic carbocycles. The molecule has 0 radical (unpaired) electrons. The van der Waals surface area contributed by atoms with Crippen molar-refractivity contribution in [3.05, 3.63) is 65.0 Å². The van der Waals surface area contributed by atoms with Gasteiger partial charge in [0.25, 0.3) is 0 Å². The minimum absolute atomic E-state index is 0.295. The SMILES string of the molecule is O=C(O)c1cc2c([nH]1)C(=CCCc1ccccc1)CC2. The Morgan fingerprint density at radius 3 is 2.80 bits per heavy atom. The summed E-state index contributed by atoms with van der Waals surface area (Å²) in [5.41, 5.74) is 5.04. The van der Waals surface area contributed by atoms with Crippen LogP contribution in [0.15, 0.2) is 42.5 Å². The van der Waals surface area contributed by atoms with Crippen molar-refractivity contribution in [2.45, 2.75) is 25.7 Å².